The van der Waals surface area contributed by atoms with Crippen LogP contribution >= 0.6 is 0 Å². The van der Waals surface area contributed by atoms with Gasteiger partial charge >= 0.3 is 0 Å². The molecule has 5 heteroatoms. The molecular weight excluding hydrogens is 196 g/mol. The molecule has 80 valence electrons. The minimum absolute atomic E-state index is 0.348. The molecular formula is C10H12N2O3. The molecule has 0 aromatic heterocycles. The minimum Gasteiger partial charge on any atom is -0.492 e. The molecule has 0 atom stereocenters. The molecule has 0 saturated heterocycles. The molecule has 0 aliphatic heterocycles. The molecule has 0 aliphatic rings. The number of carbonyl (C=O) groups is 2. The molecule has 0 heterocycles. The van der Waals surface area contributed by atoms with Crippen LogP contribution in [0, 0.1) is 0 Å². The van der Waals surface area contributed by atoms with Crippen molar-refractivity contribution in [3.8, 4) is 5.75 Å². The number of rotatable bonds is 5. The van der Waals surface area contributed by atoms with Crippen molar-refractivity contribution in [3.63, 3.8) is 0 Å². The minimum atomic E-state index is -0.435. The second-order valence-corrected chi connectivity index (χ2v) is 2.75. The van der Waals surface area contributed by atoms with Crippen molar-refractivity contribution in [1.82, 2.24) is 5.32 Å². The first-order valence-electron chi connectivity index (χ1n) is 4.45. The van der Waals surface area contributed by atoms with E-state index < -0.39 is 5.91 Å². The number of hydrogen-bond donors (Lipinski definition) is 2. The number of hydrogen-bond acceptors (Lipinski definition) is 4. The van der Waals surface area contributed by atoms with E-state index in [2.05, 4.69) is 0 Å². The van der Waals surface area contributed by atoms with E-state index in [-0.39, 0.29) is 0 Å². The standard InChI is InChI=1S/C10H12N2O3/c11-5-6-15-9-3-1-8(2-4-9)10(14)12-7-13/h1-4,7H,5-6,11H2,(H,12,13,14). The van der Waals surface area contributed by atoms with Crippen molar-refractivity contribution >= 4 is 12.3 Å². The summed E-state index contributed by atoms with van der Waals surface area (Å²) in [5.74, 6) is 0.207. The number of nitrogens with one attached hydrogen (secondary N) is 1. The number of carbonyl (C=O) groups excluding carboxylic acids is 2. The van der Waals surface area contributed by atoms with Gasteiger partial charge in [-0.3, -0.25) is 14.9 Å². The zero-order valence-electron chi connectivity index (χ0n) is 8.10. The maximum absolute atomic E-state index is 11.2. The van der Waals surface area contributed by atoms with Gasteiger partial charge in [0.2, 0.25) is 6.41 Å². The molecule has 3 N–H and O–H groups in total. The average molecular weight is 208 g/mol. The summed E-state index contributed by atoms with van der Waals surface area (Å²) in [5, 5.41) is 2.04. The first-order chi connectivity index (χ1) is 7.27. The summed E-state index contributed by atoms with van der Waals surface area (Å²) < 4.78 is 5.22. The topological polar surface area (TPSA) is 81.4 Å². The van der Waals surface area contributed by atoms with Gasteiger partial charge in [0.25, 0.3) is 5.91 Å². The van der Waals surface area contributed by atoms with Crippen LogP contribution in [0.5, 0.6) is 5.75 Å². The number of benzene rings is 1. The third-order valence-electron chi connectivity index (χ3n) is 1.69. The number of imide groups is 1. The van der Waals surface area contributed by atoms with Gasteiger partial charge in [-0.05, 0) is 24.3 Å². The molecule has 0 saturated carbocycles. The number of amides is 2. The lowest BCUT2D eigenvalue weighted by atomic mass is 10.2. The zero-order chi connectivity index (χ0) is 11.1. The normalized spacial score (nSPS) is 9.40. The predicted octanol–water partition coefficient (Wildman–Crippen LogP) is -0.0897. The van der Waals surface area contributed by atoms with E-state index >= 15 is 0 Å². The van der Waals surface area contributed by atoms with E-state index in [4.69, 9.17) is 10.5 Å². The fraction of sp³-hybridized carbons (Fsp3) is 0.200. The summed E-state index contributed by atoms with van der Waals surface area (Å²) in [6.45, 7) is 0.868. The summed E-state index contributed by atoms with van der Waals surface area (Å²) in [6.07, 6.45) is 0.348. The average Bonchev–Trinajstić information content (AvgIpc) is 2.27. The SMILES string of the molecule is NCCOc1ccc(C(=O)NC=O)cc1. The van der Waals surface area contributed by atoms with Crippen molar-refractivity contribution in [2.24, 2.45) is 5.73 Å². The first-order valence-corrected chi connectivity index (χ1v) is 4.45. The zero-order valence-corrected chi connectivity index (χ0v) is 8.10. The quantitative estimate of drug-likeness (QED) is 0.662. The van der Waals surface area contributed by atoms with E-state index in [0.717, 1.165) is 0 Å². The summed E-state index contributed by atoms with van der Waals surface area (Å²) in [4.78, 5) is 21.2. The Morgan fingerprint density at radius 2 is 2.07 bits per heavy atom. The first kappa shape index (κ1) is 11.2. The van der Waals surface area contributed by atoms with Crippen molar-refractivity contribution < 1.29 is 14.3 Å². The van der Waals surface area contributed by atoms with Crippen LogP contribution in [0.4, 0.5) is 0 Å². The summed E-state index contributed by atoms with van der Waals surface area (Å²) in [7, 11) is 0. The Bertz CT molecular complexity index is 335. The predicted molar refractivity (Wildman–Crippen MR) is 54.5 cm³/mol. The van der Waals surface area contributed by atoms with Gasteiger partial charge in [-0.2, -0.15) is 0 Å². The van der Waals surface area contributed by atoms with Gasteiger partial charge in [0.15, 0.2) is 0 Å². The maximum atomic E-state index is 11.2. The van der Waals surface area contributed by atoms with Crippen LogP contribution in [-0.4, -0.2) is 25.5 Å². The lowest BCUT2D eigenvalue weighted by Gasteiger charge is -2.04. The third-order valence-corrected chi connectivity index (χ3v) is 1.69. The van der Waals surface area contributed by atoms with Gasteiger partial charge in [-0.15, -0.1) is 0 Å². The van der Waals surface area contributed by atoms with Gasteiger partial charge in [-0.1, -0.05) is 0 Å². The van der Waals surface area contributed by atoms with Crippen LogP contribution in [0.2, 0.25) is 0 Å². The molecule has 2 amide bonds. The van der Waals surface area contributed by atoms with Crippen LogP contribution < -0.4 is 15.8 Å². The molecule has 0 unspecified atom stereocenters. The highest BCUT2D eigenvalue weighted by molar-refractivity contribution is 5.99. The van der Waals surface area contributed by atoms with Crippen LogP contribution in [0.25, 0.3) is 0 Å². The smallest absolute Gasteiger partial charge is 0.257 e. The van der Waals surface area contributed by atoms with Crippen LogP contribution in [0.3, 0.4) is 0 Å². The number of ether oxygens (including phenoxy) is 1. The maximum Gasteiger partial charge on any atom is 0.257 e. The number of nitrogens with two attached hydrogens (primary N) is 1. The Morgan fingerprint density at radius 1 is 1.40 bits per heavy atom. The van der Waals surface area contributed by atoms with Crippen LogP contribution in [0.15, 0.2) is 24.3 Å². The summed E-state index contributed by atoms with van der Waals surface area (Å²) in [6, 6.07) is 6.44. The molecule has 0 spiro atoms. The fourth-order valence-corrected chi connectivity index (χ4v) is 1.02. The Kier molecular flexibility index (Phi) is 4.30. The summed E-state index contributed by atoms with van der Waals surface area (Å²) >= 11 is 0. The highest BCUT2D eigenvalue weighted by Gasteiger charge is 2.03. The van der Waals surface area contributed by atoms with Gasteiger partial charge in [0.1, 0.15) is 12.4 Å². The molecule has 0 radical (unpaired) electrons. The van der Waals surface area contributed by atoms with E-state index in [9.17, 15) is 9.59 Å². The van der Waals surface area contributed by atoms with E-state index in [1.807, 2.05) is 5.32 Å². The van der Waals surface area contributed by atoms with Crippen molar-refractivity contribution in [1.29, 1.82) is 0 Å². The monoisotopic (exact) mass is 208 g/mol. The van der Waals surface area contributed by atoms with Gasteiger partial charge in [-0.25, -0.2) is 0 Å². The third kappa shape index (κ3) is 3.40. The molecule has 0 fully saturated rings. The second kappa shape index (κ2) is 5.77. The molecule has 0 bridgehead atoms. The second-order valence-electron chi connectivity index (χ2n) is 2.75. The molecule has 15 heavy (non-hydrogen) atoms. The van der Waals surface area contributed by atoms with E-state index in [1.165, 1.54) is 0 Å². The summed E-state index contributed by atoms with van der Waals surface area (Å²) in [5.41, 5.74) is 5.67. The highest BCUT2D eigenvalue weighted by Crippen LogP contribution is 2.11. The van der Waals surface area contributed by atoms with Gasteiger partial charge in [0, 0.05) is 12.1 Å². The van der Waals surface area contributed by atoms with Crippen molar-refractivity contribution in [3.05, 3.63) is 29.8 Å². The lowest BCUT2D eigenvalue weighted by Crippen LogP contribution is -2.21. The Labute approximate surface area is 87.2 Å². The van der Waals surface area contributed by atoms with Crippen molar-refractivity contribution in [2.45, 2.75) is 0 Å². The van der Waals surface area contributed by atoms with E-state index in [1.54, 1.807) is 24.3 Å². The molecule has 1 aromatic carbocycles. The van der Waals surface area contributed by atoms with Crippen molar-refractivity contribution in [2.75, 3.05) is 13.2 Å². The molecule has 0 aliphatic carbocycles. The van der Waals surface area contributed by atoms with Gasteiger partial charge < -0.3 is 10.5 Å². The Balaban J connectivity index is 2.63. The van der Waals surface area contributed by atoms with Gasteiger partial charge in [0.05, 0.1) is 0 Å². The fourth-order valence-electron chi connectivity index (χ4n) is 1.02. The largest absolute Gasteiger partial charge is 0.492 e. The van der Waals surface area contributed by atoms with E-state index in [0.29, 0.717) is 30.9 Å². The Morgan fingerprint density at radius 3 is 2.60 bits per heavy atom. The molecule has 5 nitrogen and oxygen atoms in total. The Hall–Kier alpha value is -1.88. The molecule has 1 rings (SSSR count). The van der Waals surface area contributed by atoms with Crippen LogP contribution in [-0.2, 0) is 4.79 Å². The molecule has 1 aromatic rings. The van der Waals surface area contributed by atoms with Crippen LogP contribution in [0.1, 0.15) is 10.4 Å². The highest BCUT2D eigenvalue weighted by atomic mass is 16.5. The lowest BCUT2D eigenvalue weighted by molar-refractivity contribution is -0.108.